The van der Waals surface area contributed by atoms with Crippen LogP contribution in [0.1, 0.15) is 23.0 Å². The van der Waals surface area contributed by atoms with E-state index in [2.05, 4.69) is 32.1 Å². The van der Waals surface area contributed by atoms with Gasteiger partial charge in [0.25, 0.3) is 12.3 Å². The molecular weight excluding hydrogens is 415 g/mol. The van der Waals surface area contributed by atoms with Gasteiger partial charge < -0.3 is 20.5 Å². The molecule has 2 aromatic rings. The van der Waals surface area contributed by atoms with Gasteiger partial charge in [0.15, 0.2) is 12.1 Å². The van der Waals surface area contributed by atoms with E-state index in [0.29, 0.717) is 0 Å². The van der Waals surface area contributed by atoms with Crippen molar-refractivity contribution in [2.24, 2.45) is 10.7 Å². The monoisotopic (exact) mass is 433 g/mol. The van der Waals surface area contributed by atoms with E-state index in [1.807, 2.05) is 0 Å². The van der Waals surface area contributed by atoms with E-state index in [-0.39, 0.29) is 36.3 Å². The number of aromatic nitrogens is 2. The lowest BCUT2D eigenvalue weighted by Crippen LogP contribution is -2.45. The standard InChI is InChI=1S/C20H18F3N5O3/c1-2-3-6-31-17-9-25-15(8-26-17)18(29)27-12-4-5-14(21)13(7-12)20(19(22)23)11-30-10-16(24)28-20/h4-5,7-9,19H,6,10-11H2,1H3,(H2,24,28)(H,27,29). The highest BCUT2D eigenvalue weighted by Gasteiger charge is 2.46. The van der Waals surface area contributed by atoms with Crippen molar-refractivity contribution < 1.29 is 27.4 Å². The molecule has 1 aliphatic rings. The van der Waals surface area contributed by atoms with Crippen LogP contribution in [0.5, 0.6) is 5.88 Å². The molecule has 0 radical (unpaired) electrons. The molecule has 3 N–H and O–H groups in total. The lowest BCUT2D eigenvalue weighted by atomic mass is 9.90. The lowest BCUT2D eigenvalue weighted by Gasteiger charge is -2.33. The number of nitrogens with one attached hydrogen (secondary N) is 1. The zero-order chi connectivity index (χ0) is 22.4. The number of ether oxygens (including phenoxy) is 2. The zero-order valence-electron chi connectivity index (χ0n) is 16.4. The maximum atomic E-state index is 14.5. The first-order valence-corrected chi connectivity index (χ1v) is 9.01. The molecular formula is C20H18F3N5O3. The van der Waals surface area contributed by atoms with E-state index in [0.717, 1.165) is 12.1 Å². The summed E-state index contributed by atoms with van der Waals surface area (Å²) in [6, 6.07) is 3.24. The maximum absolute atomic E-state index is 14.5. The van der Waals surface area contributed by atoms with E-state index < -0.39 is 35.9 Å². The van der Waals surface area contributed by atoms with Crippen LogP contribution in [-0.2, 0) is 10.3 Å². The summed E-state index contributed by atoms with van der Waals surface area (Å²) in [5.74, 6) is 3.73. The largest absolute Gasteiger partial charge is 0.463 e. The third-order valence-corrected chi connectivity index (χ3v) is 4.30. The van der Waals surface area contributed by atoms with Crippen LogP contribution in [0.15, 0.2) is 35.6 Å². The van der Waals surface area contributed by atoms with Crippen molar-refractivity contribution in [3.8, 4) is 17.7 Å². The maximum Gasteiger partial charge on any atom is 0.275 e. The van der Waals surface area contributed by atoms with Gasteiger partial charge in [-0.05, 0) is 25.1 Å². The number of rotatable bonds is 6. The predicted molar refractivity (Wildman–Crippen MR) is 105 cm³/mol. The third-order valence-electron chi connectivity index (χ3n) is 4.30. The number of benzene rings is 1. The van der Waals surface area contributed by atoms with Gasteiger partial charge in [0.2, 0.25) is 5.88 Å². The van der Waals surface area contributed by atoms with Crippen LogP contribution in [0.4, 0.5) is 18.9 Å². The van der Waals surface area contributed by atoms with Crippen LogP contribution in [0.3, 0.4) is 0 Å². The number of anilines is 1. The first-order valence-electron chi connectivity index (χ1n) is 9.01. The molecule has 2 heterocycles. The number of nitrogens with two attached hydrogens (primary N) is 1. The summed E-state index contributed by atoms with van der Waals surface area (Å²) in [4.78, 5) is 24.1. The van der Waals surface area contributed by atoms with Gasteiger partial charge in [-0.25, -0.2) is 23.1 Å². The van der Waals surface area contributed by atoms with Gasteiger partial charge in [0.05, 0.1) is 19.0 Å². The fourth-order valence-electron chi connectivity index (χ4n) is 2.82. The number of nitrogens with zero attached hydrogens (tertiary/aromatic N) is 3. The van der Waals surface area contributed by atoms with Crippen molar-refractivity contribution >= 4 is 17.4 Å². The summed E-state index contributed by atoms with van der Waals surface area (Å²) in [6.07, 6.45) is -0.678. The van der Waals surface area contributed by atoms with Crippen LogP contribution >= 0.6 is 0 Å². The minimum Gasteiger partial charge on any atom is -0.463 e. The van der Waals surface area contributed by atoms with Gasteiger partial charge in [-0.3, -0.25) is 9.79 Å². The highest BCUT2D eigenvalue weighted by atomic mass is 19.3. The van der Waals surface area contributed by atoms with E-state index >= 15 is 0 Å². The molecule has 8 nitrogen and oxygen atoms in total. The second kappa shape index (κ2) is 9.44. The van der Waals surface area contributed by atoms with Crippen molar-refractivity contribution in [2.45, 2.75) is 18.9 Å². The Balaban J connectivity index is 1.82. The van der Waals surface area contributed by atoms with Crippen LogP contribution in [0.25, 0.3) is 0 Å². The normalized spacial score (nSPS) is 18.0. The fourth-order valence-corrected chi connectivity index (χ4v) is 2.82. The molecule has 3 rings (SSSR count). The summed E-state index contributed by atoms with van der Waals surface area (Å²) in [5, 5.41) is 2.47. The molecule has 11 heteroatoms. The molecule has 162 valence electrons. The van der Waals surface area contributed by atoms with Gasteiger partial charge in [-0.1, -0.05) is 5.92 Å². The second-order valence-corrected chi connectivity index (χ2v) is 6.42. The smallest absolute Gasteiger partial charge is 0.275 e. The van der Waals surface area contributed by atoms with Crippen molar-refractivity contribution in [2.75, 3.05) is 25.1 Å². The Labute approximate surface area is 175 Å². The van der Waals surface area contributed by atoms with Crippen LogP contribution < -0.4 is 15.8 Å². The summed E-state index contributed by atoms with van der Waals surface area (Å²) < 4.78 is 52.5. The molecule has 1 unspecified atom stereocenters. The number of carbonyl (C=O) groups is 1. The Morgan fingerprint density at radius 1 is 1.39 bits per heavy atom. The van der Waals surface area contributed by atoms with Crippen LogP contribution in [0.2, 0.25) is 0 Å². The van der Waals surface area contributed by atoms with Crippen molar-refractivity contribution in [3.63, 3.8) is 0 Å². The summed E-state index contributed by atoms with van der Waals surface area (Å²) >= 11 is 0. The van der Waals surface area contributed by atoms with Gasteiger partial charge in [-0.2, -0.15) is 0 Å². The molecule has 1 aromatic heterocycles. The number of alkyl halides is 2. The number of aliphatic imine (C=N–C) groups is 1. The molecule has 0 bridgehead atoms. The fraction of sp³-hybridized carbons (Fsp3) is 0.300. The molecule has 0 aliphatic carbocycles. The molecule has 1 aliphatic heterocycles. The summed E-state index contributed by atoms with van der Waals surface area (Å²) in [6.45, 7) is 1.09. The molecule has 1 atom stereocenters. The topological polar surface area (TPSA) is 112 Å². The first-order chi connectivity index (χ1) is 14.9. The van der Waals surface area contributed by atoms with E-state index in [9.17, 15) is 18.0 Å². The minimum absolute atomic E-state index is 0.0566. The van der Waals surface area contributed by atoms with Crippen molar-refractivity contribution in [3.05, 3.63) is 47.7 Å². The average Bonchev–Trinajstić information content (AvgIpc) is 2.75. The predicted octanol–water partition coefficient (Wildman–Crippen LogP) is 2.12. The highest BCUT2D eigenvalue weighted by molar-refractivity contribution is 6.02. The number of amidine groups is 1. The van der Waals surface area contributed by atoms with Gasteiger partial charge in [-0.15, -0.1) is 5.92 Å². The Morgan fingerprint density at radius 3 is 2.84 bits per heavy atom. The summed E-state index contributed by atoms with van der Waals surface area (Å²) in [7, 11) is 0. The van der Waals surface area contributed by atoms with Crippen LogP contribution in [0, 0.1) is 17.7 Å². The average molecular weight is 433 g/mol. The van der Waals surface area contributed by atoms with E-state index in [1.54, 1.807) is 6.92 Å². The molecule has 31 heavy (non-hydrogen) atoms. The van der Waals surface area contributed by atoms with Gasteiger partial charge in [0.1, 0.15) is 24.0 Å². The van der Waals surface area contributed by atoms with Crippen molar-refractivity contribution in [1.82, 2.24) is 9.97 Å². The second-order valence-electron chi connectivity index (χ2n) is 6.42. The number of amides is 1. The Morgan fingerprint density at radius 2 is 2.19 bits per heavy atom. The first kappa shape index (κ1) is 22.0. The van der Waals surface area contributed by atoms with Gasteiger partial charge >= 0.3 is 0 Å². The summed E-state index contributed by atoms with van der Waals surface area (Å²) in [5.41, 5.74) is 2.78. The minimum atomic E-state index is -3.09. The Hall–Kier alpha value is -3.65. The third kappa shape index (κ3) is 4.92. The van der Waals surface area contributed by atoms with Crippen LogP contribution in [-0.4, -0.2) is 48.0 Å². The molecule has 0 saturated carbocycles. The molecule has 0 spiro atoms. The Kier molecular flexibility index (Phi) is 6.71. The zero-order valence-corrected chi connectivity index (χ0v) is 16.4. The lowest BCUT2D eigenvalue weighted by molar-refractivity contribution is -0.0145. The van der Waals surface area contributed by atoms with E-state index in [1.165, 1.54) is 18.5 Å². The number of carbonyl (C=O) groups excluding carboxylic acids is 1. The quantitative estimate of drug-likeness (QED) is 0.675. The van der Waals surface area contributed by atoms with Gasteiger partial charge in [0, 0.05) is 11.3 Å². The number of hydrogen-bond acceptors (Lipinski definition) is 7. The Bertz CT molecular complexity index is 1050. The molecule has 0 saturated heterocycles. The SMILES string of the molecule is CC#CCOc1cnc(C(=O)Nc2ccc(F)c(C3(C(F)F)COCC(N)=N3)c2)cn1. The molecule has 1 aromatic carbocycles. The number of hydrogen-bond donors (Lipinski definition) is 2. The molecule has 0 fully saturated rings. The van der Waals surface area contributed by atoms with Crippen molar-refractivity contribution in [1.29, 1.82) is 0 Å². The highest BCUT2D eigenvalue weighted by Crippen LogP contribution is 2.38. The number of halogens is 3. The molecule has 1 amide bonds. The van der Waals surface area contributed by atoms with E-state index in [4.69, 9.17) is 15.2 Å².